The maximum Gasteiger partial charge on any atom is 0.323 e. The zero-order valence-corrected chi connectivity index (χ0v) is 23.2. The van der Waals surface area contributed by atoms with Crippen molar-refractivity contribution in [2.75, 3.05) is 24.4 Å². The molecule has 3 aromatic carbocycles. The second-order valence-electron chi connectivity index (χ2n) is 10.3. The molecule has 0 unspecified atom stereocenters. The number of carbonyl (C=O) groups is 2. The molecule has 0 aliphatic rings. The average molecular weight is 539 g/mol. The van der Waals surface area contributed by atoms with E-state index in [9.17, 15) is 9.59 Å². The molecule has 4 rings (SSSR count). The fourth-order valence-electron chi connectivity index (χ4n) is 4.29. The van der Waals surface area contributed by atoms with Gasteiger partial charge in [0.15, 0.2) is 0 Å². The summed E-state index contributed by atoms with van der Waals surface area (Å²) < 4.78 is 11.7. The highest BCUT2D eigenvalue weighted by Gasteiger charge is 2.20. The van der Waals surface area contributed by atoms with E-state index in [4.69, 9.17) is 15.2 Å². The minimum absolute atomic E-state index is 0.225. The van der Waals surface area contributed by atoms with Gasteiger partial charge < -0.3 is 25.8 Å². The Balaban J connectivity index is 1.57. The van der Waals surface area contributed by atoms with Crippen LogP contribution in [-0.2, 0) is 16.6 Å². The molecule has 0 fully saturated rings. The van der Waals surface area contributed by atoms with Crippen molar-refractivity contribution in [1.82, 2.24) is 4.98 Å². The molecule has 0 bridgehead atoms. The van der Waals surface area contributed by atoms with Gasteiger partial charge in [0.05, 0.1) is 25.1 Å². The second kappa shape index (κ2) is 12.3. The van der Waals surface area contributed by atoms with Gasteiger partial charge in [-0.1, -0.05) is 51.1 Å². The van der Waals surface area contributed by atoms with Crippen molar-refractivity contribution in [2.24, 2.45) is 5.73 Å². The highest BCUT2D eigenvalue weighted by atomic mass is 16.5. The van der Waals surface area contributed by atoms with Gasteiger partial charge in [0.1, 0.15) is 11.5 Å². The van der Waals surface area contributed by atoms with Gasteiger partial charge in [-0.25, -0.2) is 4.79 Å². The first-order valence-corrected chi connectivity index (χ1v) is 13.0. The minimum atomic E-state index is -0.577. The molecule has 206 valence electrons. The number of anilines is 2. The van der Waals surface area contributed by atoms with Crippen LogP contribution in [0.5, 0.6) is 11.5 Å². The van der Waals surface area contributed by atoms with Crippen molar-refractivity contribution < 1.29 is 19.1 Å². The van der Waals surface area contributed by atoms with Crippen molar-refractivity contribution in [2.45, 2.75) is 32.6 Å². The normalized spacial score (nSPS) is 11.4. The lowest BCUT2D eigenvalue weighted by molar-refractivity contribution is -0.113. The number of ether oxygens (including phenoxy) is 2. The van der Waals surface area contributed by atoms with Crippen LogP contribution in [0.2, 0.25) is 0 Å². The van der Waals surface area contributed by atoms with Crippen LogP contribution in [0.15, 0.2) is 79.0 Å². The Hall–Kier alpha value is -4.85. The number of amides is 3. The van der Waals surface area contributed by atoms with E-state index < -0.39 is 11.9 Å². The number of fused-ring (bicyclic) bond motifs is 1. The largest absolute Gasteiger partial charge is 0.494 e. The highest BCUT2D eigenvalue weighted by Crippen LogP contribution is 2.37. The molecule has 1 aromatic heterocycles. The summed E-state index contributed by atoms with van der Waals surface area (Å²) in [6, 6.07) is 20.6. The maximum absolute atomic E-state index is 13.2. The number of hydrogen-bond acceptors (Lipinski definition) is 5. The number of nitrogens with one attached hydrogen (secondary N) is 2. The number of methoxy groups -OCH3 is 1. The predicted octanol–water partition coefficient (Wildman–Crippen LogP) is 6.30. The molecule has 4 aromatic rings. The Morgan fingerprint density at radius 3 is 2.35 bits per heavy atom. The molecular weight excluding hydrogens is 504 g/mol. The smallest absolute Gasteiger partial charge is 0.323 e. The third-order valence-electron chi connectivity index (χ3n) is 6.34. The van der Waals surface area contributed by atoms with E-state index >= 15 is 0 Å². The van der Waals surface area contributed by atoms with E-state index in [0.29, 0.717) is 35.7 Å². The lowest BCUT2D eigenvalue weighted by Gasteiger charge is -2.23. The summed E-state index contributed by atoms with van der Waals surface area (Å²) in [6.07, 6.45) is 5.30. The molecule has 0 saturated carbocycles. The van der Waals surface area contributed by atoms with E-state index in [2.05, 4.69) is 36.4 Å². The van der Waals surface area contributed by atoms with Crippen LogP contribution >= 0.6 is 0 Å². The number of primary amides is 1. The SMILES string of the molecule is COc1c(C=CC(N)=O)cc(C(C)(C)C)cc1NC(=O)Nc1ccc(OCCc2ccccn2)c2ccccc12. The second-order valence-corrected chi connectivity index (χ2v) is 10.3. The molecule has 8 nitrogen and oxygen atoms in total. The molecule has 8 heteroatoms. The number of carbonyl (C=O) groups excluding carboxylic acids is 2. The van der Waals surface area contributed by atoms with Crippen molar-refractivity contribution in [3.8, 4) is 11.5 Å². The lowest BCUT2D eigenvalue weighted by Crippen LogP contribution is -2.21. The molecule has 0 spiro atoms. The fourth-order valence-corrected chi connectivity index (χ4v) is 4.29. The zero-order chi connectivity index (χ0) is 28.7. The number of nitrogens with zero attached hydrogens (tertiary/aromatic N) is 1. The van der Waals surface area contributed by atoms with Crippen LogP contribution in [0.25, 0.3) is 16.8 Å². The molecule has 0 aliphatic carbocycles. The van der Waals surface area contributed by atoms with Gasteiger partial charge >= 0.3 is 6.03 Å². The summed E-state index contributed by atoms with van der Waals surface area (Å²) in [7, 11) is 1.51. The van der Waals surface area contributed by atoms with Crippen molar-refractivity contribution in [3.05, 3.63) is 95.8 Å². The van der Waals surface area contributed by atoms with Crippen LogP contribution < -0.4 is 25.8 Å². The van der Waals surface area contributed by atoms with E-state index in [0.717, 1.165) is 27.8 Å². The minimum Gasteiger partial charge on any atom is -0.494 e. The Kier molecular flexibility index (Phi) is 8.69. The summed E-state index contributed by atoms with van der Waals surface area (Å²) in [6.45, 7) is 6.66. The zero-order valence-electron chi connectivity index (χ0n) is 23.2. The molecule has 0 saturated heterocycles. The first kappa shape index (κ1) is 28.2. The third-order valence-corrected chi connectivity index (χ3v) is 6.34. The Bertz CT molecular complexity index is 1540. The summed E-state index contributed by atoms with van der Waals surface area (Å²) in [4.78, 5) is 29.0. The van der Waals surface area contributed by atoms with E-state index in [1.807, 2.05) is 66.7 Å². The third kappa shape index (κ3) is 6.96. The summed E-state index contributed by atoms with van der Waals surface area (Å²) in [5.74, 6) is 0.566. The van der Waals surface area contributed by atoms with E-state index in [1.165, 1.54) is 13.2 Å². The molecule has 0 radical (unpaired) electrons. The van der Waals surface area contributed by atoms with Gasteiger partial charge in [-0.15, -0.1) is 0 Å². The standard InChI is InChI=1S/C32H34N4O4/c1-32(2,3)22-19-21(12-15-29(33)37)30(39-4)27(20-22)36-31(38)35-26-13-14-28(25-11-6-5-10-24(25)26)40-18-16-23-9-7-8-17-34-23/h5-15,17,19-20H,16,18H2,1-4H3,(H2,33,37)(H2,35,36,38). The average Bonchev–Trinajstić information content (AvgIpc) is 2.92. The first-order valence-electron chi connectivity index (χ1n) is 13.0. The Morgan fingerprint density at radius 1 is 0.950 bits per heavy atom. The molecule has 4 N–H and O–H groups in total. The Morgan fingerprint density at radius 2 is 1.68 bits per heavy atom. The number of hydrogen-bond donors (Lipinski definition) is 3. The molecule has 0 atom stereocenters. The Labute approximate surface area is 234 Å². The first-order chi connectivity index (χ1) is 19.2. The van der Waals surface area contributed by atoms with Gasteiger partial charge in [-0.2, -0.15) is 0 Å². The number of pyridine rings is 1. The molecule has 3 amide bonds. The molecule has 1 heterocycles. The van der Waals surface area contributed by atoms with Crippen molar-refractivity contribution in [1.29, 1.82) is 0 Å². The van der Waals surface area contributed by atoms with E-state index in [-0.39, 0.29) is 5.41 Å². The summed E-state index contributed by atoms with van der Waals surface area (Å²) in [5, 5.41) is 7.60. The van der Waals surface area contributed by atoms with Crippen LogP contribution in [0.1, 0.15) is 37.6 Å². The van der Waals surface area contributed by atoms with E-state index in [1.54, 1.807) is 12.3 Å². The predicted molar refractivity (Wildman–Crippen MR) is 160 cm³/mol. The lowest BCUT2D eigenvalue weighted by atomic mass is 9.85. The van der Waals surface area contributed by atoms with Crippen molar-refractivity contribution in [3.63, 3.8) is 0 Å². The quantitative estimate of drug-likeness (QED) is 0.216. The monoisotopic (exact) mass is 538 g/mol. The van der Waals surface area contributed by atoms with Gasteiger partial charge in [0.2, 0.25) is 5.91 Å². The highest BCUT2D eigenvalue weighted by molar-refractivity contribution is 6.08. The van der Waals surface area contributed by atoms with Gasteiger partial charge in [-0.3, -0.25) is 9.78 Å². The molecular formula is C32H34N4O4. The van der Waals surface area contributed by atoms with Gasteiger partial charge in [0.25, 0.3) is 0 Å². The number of aromatic nitrogens is 1. The van der Waals surface area contributed by atoms with Gasteiger partial charge in [0, 0.05) is 40.7 Å². The molecule has 40 heavy (non-hydrogen) atoms. The number of benzene rings is 3. The number of nitrogens with two attached hydrogens (primary N) is 1. The maximum atomic E-state index is 13.2. The summed E-state index contributed by atoms with van der Waals surface area (Å²) in [5.41, 5.74) is 8.72. The topological polar surface area (TPSA) is 116 Å². The van der Waals surface area contributed by atoms with Gasteiger partial charge in [-0.05, 0) is 53.5 Å². The summed E-state index contributed by atoms with van der Waals surface area (Å²) >= 11 is 0. The number of urea groups is 1. The van der Waals surface area contributed by atoms with Crippen molar-refractivity contribution >= 4 is 40.2 Å². The van der Waals surface area contributed by atoms with Crippen LogP contribution in [0.3, 0.4) is 0 Å². The fraction of sp³-hybridized carbons (Fsp3) is 0.219. The van der Waals surface area contributed by atoms with Crippen LogP contribution in [-0.4, -0.2) is 30.6 Å². The van der Waals surface area contributed by atoms with Crippen LogP contribution in [0.4, 0.5) is 16.2 Å². The molecule has 0 aliphatic heterocycles. The number of rotatable bonds is 9. The van der Waals surface area contributed by atoms with Crippen LogP contribution in [0, 0.1) is 0 Å².